The smallest absolute Gasteiger partial charge is 0.271 e. The first kappa shape index (κ1) is 17.9. The summed E-state index contributed by atoms with van der Waals surface area (Å²) in [6.07, 6.45) is 2.96. The standard InChI is InChI=1S/C17H15N3O4S2/c21-15-7-8-18-11-14(15)19-16(22)10-12-3-5-13(6-4-12)20-26(23,24)17-2-1-9-25-17/h1-9,11,20H,10H2,(H,18,21)(H,19,22). The summed E-state index contributed by atoms with van der Waals surface area (Å²) >= 11 is 1.13. The van der Waals surface area contributed by atoms with Crippen LogP contribution in [-0.2, 0) is 21.2 Å². The van der Waals surface area contributed by atoms with Crippen molar-refractivity contribution in [1.82, 2.24) is 4.98 Å². The number of carbonyl (C=O) groups excluding carboxylic acids is 1. The van der Waals surface area contributed by atoms with Crippen molar-refractivity contribution in [2.24, 2.45) is 0 Å². The van der Waals surface area contributed by atoms with Gasteiger partial charge in [0, 0.05) is 24.1 Å². The second-order valence-electron chi connectivity index (χ2n) is 5.38. The lowest BCUT2D eigenvalue weighted by Crippen LogP contribution is -2.19. The fraction of sp³-hybridized carbons (Fsp3) is 0.0588. The predicted molar refractivity (Wildman–Crippen MR) is 101 cm³/mol. The van der Waals surface area contributed by atoms with Gasteiger partial charge in [0.05, 0.1) is 6.42 Å². The first-order chi connectivity index (χ1) is 12.4. The number of sulfonamides is 1. The zero-order valence-corrected chi connectivity index (χ0v) is 15.1. The van der Waals surface area contributed by atoms with Crippen molar-refractivity contribution < 1.29 is 13.2 Å². The zero-order valence-electron chi connectivity index (χ0n) is 13.4. The molecule has 0 aliphatic carbocycles. The molecule has 26 heavy (non-hydrogen) atoms. The number of aromatic nitrogens is 1. The van der Waals surface area contributed by atoms with Gasteiger partial charge in [0.25, 0.3) is 10.0 Å². The Balaban J connectivity index is 1.64. The van der Waals surface area contributed by atoms with E-state index in [0.717, 1.165) is 11.3 Å². The molecule has 134 valence electrons. The summed E-state index contributed by atoms with van der Waals surface area (Å²) in [4.78, 5) is 26.3. The number of aromatic amines is 1. The van der Waals surface area contributed by atoms with Crippen molar-refractivity contribution in [2.45, 2.75) is 10.6 Å². The van der Waals surface area contributed by atoms with E-state index in [0.29, 0.717) is 11.3 Å². The maximum absolute atomic E-state index is 12.2. The first-order valence-corrected chi connectivity index (χ1v) is 9.92. The van der Waals surface area contributed by atoms with E-state index in [9.17, 15) is 18.0 Å². The van der Waals surface area contributed by atoms with Crippen LogP contribution in [0, 0.1) is 0 Å². The summed E-state index contributed by atoms with van der Waals surface area (Å²) in [5.41, 5.74) is 0.990. The van der Waals surface area contributed by atoms with Crippen LogP contribution in [0.15, 0.2) is 69.2 Å². The Labute approximate surface area is 153 Å². The molecule has 2 aromatic heterocycles. The third-order valence-electron chi connectivity index (χ3n) is 3.43. The van der Waals surface area contributed by atoms with E-state index in [1.54, 1.807) is 35.7 Å². The van der Waals surface area contributed by atoms with Gasteiger partial charge in [0.2, 0.25) is 11.3 Å². The molecule has 0 atom stereocenters. The van der Waals surface area contributed by atoms with Crippen LogP contribution in [-0.4, -0.2) is 19.3 Å². The first-order valence-electron chi connectivity index (χ1n) is 7.56. The van der Waals surface area contributed by atoms with Crippen LogP contribution in [0.25, 0.3) is 0 Å². The Morgan fingerprint density at radius 1 is 1.12 bits per heavy atom. The van der Waals surface area contributed by atoms with Gasteiger partial charge in [0.15, 0.2) is 0 Å². The molecular weight excluding hydrogens is 374 g/mol. The molecule has 1 amide bonds. The lowest BCUT2D eigenvalue weighted by Gasteiger charge is -2.08. The molecule has 2 heterocycles. The number of hydrogen-bond acceptors (Lipinski definition) is 5. The largest absolute Gasteiger partial charge is 0.366 e. The molecule has 1 aromatic carbocycles. The van der Waals surface area contributed by atoms with Crippen molar-refractivity contribution in [3.05, 3.63) is 76.0 Å². The molecule has 0 radical (unpaired) electrons. The minimum atomic E-state index is -3.60. The van der Waals surface area contributed by atoms with E-state index in [-0.39, 0.29) is 27.7 Å². The number of thiophene rings is 1. The molecule has 3 N–H and O–H groups in total. The van der Waals surface area contributed by atoms with Crippen molar-refractivity contribution in [2.75, 3.05) is 10.0 Å². The van der Waals surface area contributed by atoms with Crippen molar-refractivity contribution in [3.63, 3.8) is 0 Å². The quantitative estimate of drug-likeness (QED) is 0.602. The fourth-order valence-electron chi connectivity index (χ4n) is 2.21. The second kappa shape index (κ2) is 7.54. The van der Waals surface area contributed by atoms with Crippen LogP contribution >= 0.6 is 11.3 Å². The van der Waals surface area contributed by atoms with Crippen LogP contribution < -0.4 is 15.5 Å². The van der Waals surface area contributed by atoms with Crippen LogP contribution in [0.1, 0.15) is 5.56 Å². The number of rotatable bonds is 6. The van der Waals surface area contributed by atoms with Gasteiger partial charge in [-0.1, -0.05) is 18.2 Å². The molecule has 0 saturated carbocycles. The lowest BCUT2D eigenvalue weighted by molar-refractivity contribution is -0.115. The number of H-pyrrole nitrogens is 1. The summed E-state index contributed by atoms with van der Waals surface area (Å²) in [5, 5.41) is 4.23. The number of nitrogens with one attached hydrogen (secondary N) is 3. The fourth-order valence-corrected chi connectivity index (χ4v) is 4.26. The van der Waals surface area contributed by atoms with Crippen molar-refractivity contribution >= 4 is 38.6 Å². The van der Waals surface area contributed by atoms with E-state index in [1.165, 1.54) is 24.5 Å². The molecule has 9 heteroatoms. The van der Waals surface area contributed by atoms with Gasteiger partial charge < -0.3 is 10.3 Å². The molecule has 0 saturated heterocycles. The predicted octanol–water partition coefficient (Wildman–Crippen LogP) is 2.42. The minimum Gasteiger partial charge on any atom is -0.366 e. The maximum atomic E-state index is 12.2. The SMILES string of the molecule is O=C(Cc1ccc(NS(=O)(=O)c2cccs2)cc1)Nc1c[nH]ccc1=O. The number of carbonyl (C=O) groups is 1. The van der Waals surface area contributed by atoms with Crippen molar-refractivity contribution in [3.8, 4) is 0 Å². The zero-order chi connectivity index (χ0) is 18.6. The highest BCUT2D eigenvalue weighted by atomic mass is 32.2. The number of benzene rings is 1. The highest BCUT2D eigenvalue weighted by Gasteiger charge is 2.15. The molecule has 0 bridgehead atoms. The Kier molecular flexibility index (Phi) is 5.19. The Hall–Kier alpha value is -2.91. The molecule has 3 aromatic rings. The molecule has 0 aliphatic heterocycles. The minimum absolute atomic E-state index is 0.0618. The van der Waals surface area contributed by atoms with E-state index in [4.69, 9.17) is 0 Å². The third-order valence-corrected chi connectivity index (χ3v) is 6.21. The normalized spacial score (nSPS) is 11.1. The summed E-state index contributed by atoms with van der Waals surface area (Å²) in [6, 6.07) is 11.0. The van der Waals surface area contributed by atoms with Gasteiger partial charge in [-0.05, 0) is 29.1 Å². The third kappa shape index (κ3) is 4.38. The van der Waals surface area contributed by atoms with E-state index >= 15 is 0 Å². The molecule has 7 nitrogen and oxygen atoms in total. The average Bonchev–Trinajstić information content (AvgIpc) is 3.14. The van der Waals surface area contributed by atoms with Crippen LogP contribution in [0.5, 0.6) is 0 Å². The number of hydrogen-bond donors (Lipinski definition) is 3. The summed E-state index contributed by atoms with van der Waals surface area (Å²) in [6.45, 7) is 0. The van der Waals surface area contributed by atoms with Gasteiger partial charge in [-0.25, -0.2) is 8.42 Å². The Bertz CT molecular complexity index is 1060. The van der Waals surface area contributed by atoms with Gasteiger partial charge in [-0.3, -0.25) is 14.3 Å². The topological polar surface area (TPSA) is 108 Å². The Morgan fingerprint density at radius 3 is 2.54 bits per heavy atom. The number of pyridine rings is 1. The molecule has 0 aliphatic rings. The van der Waals surface area contributed by atoms with E-state index < -0.39 is 10.0 Å². The van der Waals surface area contributed by atoms with Crippen LogP contribution in [0.3, 0.4) is 0 Å². The highest BCUT2D eigenvalue weighted by molar-refractivity contribution is 7.94. The number of amides is 1. The average molecular weight is 389 g/mol. The second-order valence-corrected chi connectivity index (χ2v) is 8.24. The van der Waals surface area contributed by atoms with E-state index in [2.05, 4.69) is 15.0 Å². The Morgan fingerprint density at radius 2 is 1.88 bits per heavy atom. The molecular formula is C17H15N3O4S2. The molecule has 0 unspecified atom stereocenters. The lowest BCUT2D eigenvalue weighted by atomic mass is 10.1. The molecule has 0 spiro atoms. The number of anilines is 2. The summed E-state index contributed by atoms with van der Waals surface area (Å²) in [7, 11) is -3.60. The van der Waals surface area contributed by atoms with Crippen LogP contribution in [0.2, 0.25) is 0 Å². The molecule has 3 rings (SSSR count). The maximum Gasteiger partial charge on any atom is 0.271 e. The van der Waals surface area contributed by atoms with Crippen molar-refractivity contribution in [1.29, 1.82) is 0 Å². The summed E-state index contributed by atoms with van der Waals surface area (Å²) in [5.74, 6) is -0.339. The monoisotopic (exact) mass is 389 g/mol. The van der Waals surface area contributed by atoms with Gasteiger partial charge in [0.1, 0.15) is 9.90 Å². The highest BCUT2D eigenvalue weighted by Crippen LogP contribution is 2.20. The van der Waals surface area contributed by atoms with E-state index in [1.807, 2.05) is 0 Å². The summed E-state index contributed by atoms with van der Waals surface area (Å²) < 4.78 is 27.0. The van der Waals surface area contributed by atoms with Gasteiger partial charge >= 0.3 is 0 Å². The van der Waals surface area contributed by atoms with Gasteiger partial charge in [-0.15, -0.1) is 11.3 Å². The van der Waals surface area contributed by atoms with Crippen LogP contribution in [0.4, 0.5) is 11.4 Å². The molecule has 0 fully saturated rings. The van der Waals surface area contributed by atoms with Gasteiger partial charge in [-0.2, -0.15) is 0 Å².